The molecule has 14 aromatic rings. The van der Waals surface area contributed by atoms with Gasteiger partial charge in [0.15, 0.2) is 0 Å². The van der Waals surface area contributed by atoms with Crippen molar-refractivity contribution < 1.29 is 4.42 Å². The highest BCUT2D eigenvalue weighted by atomic mass is 32.1. The van der Waals surface area contributed by atoms with Crippen LogP contribution in [0, 0.1) is 0 Å². The van der Waals surface area contributed by atoms with Gasteiger partial charge >= 0.3 is 6.85 Å². The first-order chi connectivity index (χ1) is 37.5. The van der Waals surface area contributed by atoms with E-state index in [0.717, 1.165) is 33.6 Å². The molecule has 10 aromatic carbocycles. The van der Waals surface area contributed by atoms with Gasteiger partial charge < -0.3 is 18.7 Å². The van der Waals surface area contributed by atoms with Gasteiger partial charge in [0, 0.05) is 85.2 Å². The summed E-state index contributed by atoms with van der Waals surface area (Å²) in [6.45, 7) is 13.8. The second-order valence-electron chi connectivity index (χ2n) is 23.2. The lowest BCUT2D eigenvalue weighted by atomic mass is 9.47. The van der Waals surface area contributed by atoms with Crippen molar-refractivity contribution >= 4 is 142 Å². The third-order valence-corrected chi connectivity index (χ3v) is 19.0. The first-order valence-corrected chi connectivity index (χ1v) is 28.5. The summed E-state index contributed by atoms with van der Waals surface area (Å²) in [5, 5.41) is 8.51. The largest absolute Gasteiger partial charge is 0.455 e. The molecule has 0 unspecified atom stereocenters. The number of aromatic nitrogens is 1. The quantitative estimate of drug-likeness (QED) is 0.161. The van der Waals surface area contributed by atoms with Gasteiger partial charge in [0.05, 0.1) is 22.1 Å². The molecule has 0 saturated heterocycles. The molecule has 2 aliphatic rings. The van der Waals surface area contributed by atoms with E-state index in [4.69, 9.17) is 4.42 Å². The number of fused-ring (bicyclic) bond motifs is 18. The fourth-order valence-corrected chi connectivity index (χ4v) is 15.3. The summed E-state index contributed by atoms with van der Waals surface area (Å²) in [6.07, 6.45) is 0. The summed E-state index contributed by atoms with van der Waals surface area (Å²) < 4.78 is 15.2. The minimum atomic E-state index is -0.159. The average Bonchev–Trinajstić information content (AvgIpc) is 4.24. The predicted octanol–water partition coefficient (Wildman–Crippen LogP) is 19.2. The van der Waals surface area contributed by atoms with Gasteiger partial charge in [-0.25, -0.2) is 0 Å². The Morgan fingerprint density at radius 1 is 0.481 bits per heavy atom. The first-order valence-electron chi connectivity index (χ1n) is 26.8. The van der Waals surface area contributed by atoms with Crippen molar-refractivity contribution in [3.05, 3.63) is 217 Å². The Morgan fingerprint density at radius 3 is 1.86 bits per heavy atom. The van der Waals surface area contributed by atoms with Gasteiger partial charge in [-0.3, -0.25) is 0 Å². The zero-order valence-electron chi connectivity index (χ0n) is 43.8. The molecule has 77 heavy (non-hydrogen) atoms. The number of para-hydroxylation sites is 3. The van der Waals surface area contributed by atoms with Gasteiger partial charge in [-0.05, 0) is 141 Å². The third-order valence-electron chi connectivity index (χ3n) is 16.6. The Hall–Kier alpha value is -8.36. The van der Waals surface area contributed by atoms with Crippen LogP contribution in [0.25, 0.3) is 102 Å². The number of benzene rings is 10. The standard InChI is InChI=1S/C70H52BN3OS2/c1-69(2,3)43-27-30-47(31-28-43)74-56-40-60-51(50-38-48(32-35-58(50)76-60)72(45-20-12-8-13-21-45)46-22-14-9-15-23-46)39-53(56)61-62-49-24-16-17-25-57(49)75-67(62)63-52-37-44(70(4,5)6)29-33-55(52)73-65-54-36-42(41-18-10-7-11-19-41)26-34-59(54)77-68(65)71(74)64(61)66(63)73/h7-40H,1-6H3. The highest BCUT2D eigenvalue weighted by molar-refractivity contribution is 7.32. The molecular formula is C70H52BN3OS2. The Bertz CT molecular complexity index is 4720. The van der Waals surface area contributed by atoms with Gasteiger partial charge in [-0.1, -0.05) is 151 Å². The van der Waals surface area contributed by atoms with Crippen LogP contribution in [-0.4, -0.2) is 11.4 Å². The summed E-state index contributed by atoms with van der Waals surface area (Å²) in [5.74, 6) is 0. The average molecular weight is 1030 g/mol. The molecule has 4 aromatic heterocycles. The van der Waals surface area contributed by atoms with Gasteiger partial charge in [-0.15, -0.1) is 22.7 Å². The zero-order chi connectivity index (χ0) is 51.6. The van der Waals surface area contributed by atoms with E-state index in [-0.39, 0.29) is 17.7 Å². The number of nitrogens with zero attached hydrogens (tertiary/aromatic N) is 3. The van der Waals surface area contributed by atoms with Crippen LogP contribution in [0.1, 0.15) is 52.7 Å². The Labute approximate surface area is 455 Å². The lowest BCUT2D eigenvalue weighted by molar-refractivity contribution is 0.590. The SMILES string of the molecule is CC(C)(C)c1ccc(N2B3c4sc5ccc(-c6ccccc6)cc5c4-n4c5ccc(C(C)(C)C)cc5c5c6oc7ccccc7c6c(c3c54)-c3cc4c(cc32)sc2ccc(N(c3ccccc3)c3ccccc3)cc24)cc1. The third kappa shape index (κ3) is 6.51. The van der Waals surface area contributed by atoms with E-state index in [2.05, 4.69) is 262 Å². The minimum absolute atomic E-state index is 0.00344. The Kier molecular flexibility index (Phi) is 9.38. The van der Waals surface area contributed by atoms with Crippen molar-refractivity contribution in [1.82, 2.24) is 4.57 Å². The van der Waals surface area contributed by atoms with Crippen molar-refractivity contribution in [1.29, 1.82) is 0 Å². The van der Waals surface area contributed by atoms with Crippen LogP contribution in [0.15, 0.2) is 211 Å². The molecule has 2 aliphatic heterocycles. The lowest BCUT2D eigenvalue weighted by Crippen LogP contribution is -2.59. The molecule has 0 atom stereocenters. The van der Waals surface area contributed by atoms with E-state index in [1.165, 1.54) is 118 Å². The van der Waals surface area contributed by atoms with E-state index in [1.807, 2.05) is 22.7 Å². The smallest absolute Gasteiger partial charge is 0.343 e. The summed E-state index contributed by atoms with van der Waals surface area (Å²) >= 11 is 3.85. The van der Waals surface area contributed by atoms with Crippen LogP contribution in [0.4, 0.5) is 28.4 Å². The molecule has 0 radical (unpaired) electrons. The lowest BCUT2D eigenvalue weighted by Gasteiger charge is -2.41. The van der Waals surface area contributed by atoms with Crippen molar-refractivity contribution in [3.63, 3.8) is 0 Å². The van der Waals surface area contributed by atoms with E-state index in [1.54, 1.807) is 0 Å². The van der Waals surface area contributed by atoms with Gasteiger partial charge in [-0.2, -0.15) is 0 Å². The minimum Gasteiger partial charge on any atom is -0.455 e. The maximum Gasteiger partial charge on any atom is 0.343 e. The summed E-state index contributed by atoms with van der Waals surface area (Å²) in [5.41, 5.74) is 20.1. The predicted molar refractivity (Wildman–Crippen MR) is 333 cm³/mol. The van der Waals surface area contributed by atoms with Gasteiger partial charge in [0.1, 0.15) is 11.2 Å². The Morgan fingerprint density at radius 2 is 1.13 bits per heavy atom. The number of hydrogen-bond donors (Lipinski definition) is 0. The van der Waals surface area contributed by atoms with E-state index >= 15 is 0 Å². The molecule has 368 valence electrons. The van der Waals surface area contributed by atoms with Crippen LogP contribution in [0.5, 0.6) is 0 Å². The summed E-state index contributed by atoms with van der Waals surface area (Å²) in [4.78, 5) is 5.09. The molecule has 0 aliphatic carbocycles. The molecule has 4 nitrogen and oxygen atoms in total. The second-order valence-corrected chi connectivity index (χ2v) is 25.4. The molecule has 0 saturated carbocycles. The van der Waals surface area contributed by atoms with Gasteiger partial charge in [0.2, 0.25) is 0 Å². The van der Waals surface area contributed by atoms with Crippen molar-refractivity contribution in [2.75, 3.05) is 9.71 Å². The second kappa shape index (κ2) is 16.1. The first kappa shape index (κ1) is 44.9. The monoisotopic (exact) mass is 1030 g/mol. The van der Waals surface area contributed by atoms with E-state index < -0.39 is 0 Å². The molecule has 0 bridgehead atoms. The topological polar surface area (TPSA) is 24.6 Å². The zero-order valence-corrected chi connectivity index (χ0v) is 45.4. The van der Waals surface area contributed by atoms with Crippen molar-refractivity contribution in [3.8, 4) is 27.9 Å². The molecule has 0 fully saturated rings. The van der Waals surface area contributed by atoms with E-state index in [0.29, 0.717) is 0 Å². The molecule has 16 rings (SSSR count). The van der Waals surface area contributed by atoms with Crippen LogP contribution in [0.2, 0.25) is 0 Å². The fourth-order valence-electron chi connectivity index (χ4n) is 12.9. The summed E-state index contributed by atoms with van der Waals surface area (Å²) in [6, 6.07) is 77.1. The summed E-state index contributed by atoms with van der Waals surface area (Å²) in [7, 11) is 0. The normalized spacial score (nSPS) is 13.3. The van der Waals surface area contributed by atoms with Crippen molar-refractivity contribution in [2.45, 2.75) is 52.4 Å². The number of anilines is 5. The van der Waals surface area contributed by atoms with Crippen LogP contribution >= 0.6 is 22.7 Å². The number of thiophene rings is 2. The van der Waals surface area contributed by atoms with E-state index in [9.17, 15) is 0 Å². The molecule has 7 heteroatoms. The number of hydrogen-bond acceptors (Lipinski definition) is 5. The van der Waals surface area contributed by atoms with Crippen LogP contribution < -0.4 is 20.0 Å². The highest BCUT2D eigenvalue weighted by Crippen LogP contribution is 2.55. The fraction of sp³-hybridized carbons (Fsp3) is 0.114. The molecule has 6 heterocycles. The van der Waals surface area contributed by atoms with Gasteiger partial charge in [0.25, 0.3) is 0 Å². The van der Waals surface area contributed by atoms with Crippen LogP contribution in [-0.2, 0) is 10.8 Å². The molecule has 0 amide bonds. The number of rotatable bonds is 5. The molecular weight excluding hydrogens is 974 g/mol. The van der Waals surface area contributed by atoms with Crippen molar-refractivity contribution in [2.24, 2.45) is 0 Å². The highest BCUT2D eigenvalue weighted by Gasteiger charge is 2.48. The van der Waals surface area contributed by atoms with Crippen LogP contribution in [0.3, 0.4) is 0 Å². The Balaban J connectivity index is 1.07. The maximum atomic E-state index is 7.38. The maximum absolute atomic E-state index is 7.38. The molecule has 0 N–H and O–H groups in total. The molecule has 0 spiro atoms. The number of furan rings is 1.